The van der Waals surface area contributed by atoms with Crippen molar-refractivity contribution in [3.05, 3.63) is 33.4 Å². The van der Waals surface area contributed by atoms with Gasteiger partial charge in [-0.25, -0.2) is 8.42 Å². The molecule has 0 unspecified atom stereocenters. The van der Waals surface area contributed by atoms with Gasteiger partial charge in [-0.3, -0.25) is 10.1 Å². The molecule has 0 atom stereocenters. The first-order valence-electron chi connectivity index (χ1n) is 4.50. The lowest BCUT2D eigenvalue weighted by molar-refractivity contribution is -0.386. The average Bonchev–Trinajstić information content (AvgIpc) is 2.14. The third-order valence-electron chi connectivity index (χ3n) is 2.24. The van der Waals surface area contributed by atoms with E-state index >= 15 is 0 Å². The van der Waals surface area contributed by atoms with E-state index in [1.54, 1.807) is 13.8 Å². The van der Waals surface area contributed by atoms with Gasteiger partial charge in [0.05, 0.1) is 9.82 Å². The standard InChI is InChI=1S/C9H10ClNO4S/c1-3-7-8(16(10,14)15)5-4-6(2)9(7)11(12)13/h4-5H,3H2,1-2H3. The van der Waals surface area contributed by atoms with E-state index in [0.29, 0.717) is 5.56 Å². The lowest BCUT2D eigenvalue weighted by Gasteiger charge is -2.07. The summed E-state index contributed by atoms with van der Waals surface area (Å²) in [7, 11) is 1.27. The van der Waals surface area contributed by atoms with Crippen LogP contribution in [0.15, 0.2) is 17.0 Å². The first-order valence-corrected chi connectivity index (χ1v) is 6.81. The first-order chi connectivity index (χ1) is 7.29. The first kappa shape index (κ1) is 12.9. The second-order valence-electron chi connectivity index (χ2n) is 3.26. The number of nitrogens with zero attached hydrogens (tertiary/aromatic N) is 1. The van der Waals surface area contributed by atoms with E-state index in [1.807, 2.05) is 0 Å². The number of halogens is 1. The Morgan fingerprint density at radius 1 is 1.44 bits per heavy atom. The SMILES string of the molecule is CCc1c(S(=O)(=O)Cl)ccc(C)c1[N+](=O)[O-]. The number of aryl methyl sites for hydroxylation is 1. The van der Waals surface area contributed by atoms with Gasteiger partial charge in [-0.05, 0) is 19.4 Å². The zero-order chi connectivity index (χ0) is 12.5. The molecule has 0 heterocycles. The lowest BCUT2D eigenvalue weighted by Crippen LogP contribution is -2.04. The lowest BCUT2D eigenvalue weighted by atomic mass is 10.1. The molecule has 0 radical (unpaired) electrons. The molecule has 0 aromatic heterocycles. The van der Waals surface area contributed by atoms with Gasteiger partial charge >= 0.3 is 0 Å². The van der Waals surface area contributed by atoms with Crippen molar-refractivity contribution in [1.82, 2.24) is 0 Å². The molecule has 0 amide bonds. The molecule has 0 aliphatic heterocycles. The Balaban J connectivity index is 3.69. The van der Waals surface area contributed by atoms with Crippen molar-refractivity contribution in [1.29, 1.82) is 0 Å². The minimum absolute atomic E-state index is 0.153. The molecule has 0 saturated carbocycles. The van der Waals surface area contributed by atoms with Gasteiger partial charge in [0.1, 0.15) is 0 Å². The molecule has 0 fully saturated rings. The zero-order valence-electron chi connectivity index (χ0n) is 8.73. The molecule has 7 heteroatoms. The Hall–Kier alpha value is -1.14. The highest BCUT2D eigenvalue weighted by Gasteiger charge is 2.25. The number of nitro benzene ring substituents is 1. The maximum Gasteiger partial charge on any atom is 0.276 e. The summed E-state index contributed by atoms with van der Waals surface area (Å²) in [6, 6.07) is 2.68. The van der Waals surface area contributed by atoms with Crippen molar-refractivity contribution < 1.29 is 13.3 Å². The van der Waals surface area contributed by atoms with Gasteiger partial charge in [-0.15, -0.1) is 0 Å². The van der Waals surface area contributed by atoms with Crippen molar-refractivity contribution in [2.24, 2.45) is 0 Å². The summed E-state index contributed by atoms with van der Waals surface area (Å²) >= 11 is 0. The molecule has 0 bridgehead atoms. The van der Waals surface area contributed by atoms with E-state index < -0.39 is 14.0 Å². The summed E-state index contributed by atoms with van der Waals surface area (Å²) in [5.41, 5.74) is 0.398. The summed E-state index contributed by atoms with van der Waals surface area (Å²) in [5, 5.41) is 10.8. The predicted octanol–water partition coefficient (Wildman–Crippen LogP) is 2.39. The number of hydrogen-bond donors (Lipinski definition) is 0. The van der Waals surface area contributed by atoms with Gasteiger partial charge in [0, 0.05) is 21.8 Å². The van der Waals surface area contributed by atoms with Crippen molar-refractivity contribution in [3.63, 3.8) is 0 Å². The molecule has 0 spiro atoms. The van der Waals surface area contributed by atoms with E-state index in [0.717, 1.165) is 0 Å². The Bertz CT molecular complexity index is 539. The number of rotatable bonds is 3. The quantitative estimate of drug-likeness (QED) is 0.477. The summed E-state index contributed by atoms with van der Waals surface area (Å²) in [6.07, 6.45) is 0.235. The molecule has 1 aromatic rings. The molecule has 0 saturated heterocycles. The fourth-order valence-corrected chi connectivity index (χ4v) is 2.76. The second kappa shape index (κ2) is 4.39. The van der Waals surface area contributed by atoms with Crippen LogP contribution in [0.25, 0.3) is 0 Å². The smallest absolute Gasteiger partial charge is 0.258 e. The number of hydrogen-bond acceptors (Lipinski definition) is 4. The monoisotopic (exact) mass is 263 g/mol. The van der Waals surface area contributed by atoms with E-state index in [4.69, 9.17) is 10.7 Å². The predicted molar refractivity (Wildman–Crippen MR) is 60.3 cm³/mol. The molecular weight excluding hydrogens is 254 g/mol. The van der Waals surface area contributed by atoms with Crippen molar-refractivity contribution in [2.45, 2.75) is 25.2 Å². The Morgan fingerprint density at radius 3 is 2.38 bits per heavy atom. The Labute approximate surface area is 97.6 Å². The molecule has 0 N–H and O–H groups in total. The molecule has 88 valence electrons. The Kier molecular flexibility index (Phi) is 3.54. The molecule has 0 aliphatic carbocycles. The van der Waals surface area contributed by atoms with E-state index in [2.05, 4.69) is 0 Å². The van der Waals surface area contributed by atoms with E-state index in [-0.39, 0.29) is 22.6 Å². The van der Waals surface area contributed by atoms with Crippen LogP contribution in [0.3, 0.4) is 0 Å². The molecule has 5 nitrogen and oxygen atoms in total. The van der Waals surface area contributed by atoms with Gasteiger partial charge in [0.25, 0.3) is 14.7 Å². The highest BCUT2D eigenvalue weighted by atomic mass is 35.7. The van der Waals surface area contributed by atoms with Crippen molar-refractivity contribution in [2.75, 3.05) is 0 Å². The van der Waals surface area contributed by atoms with Crippen LogP contribution in [0.5, 0.6) is 0 Å². The minimum Gasteiger partial charge on any atom is -0.258 e. The van der Waals surface area contributed by atoms with Crippen molar-refractivity contribution in [3.8, 4) is 0 Å². The third-order valence-corrected chi connectivity index (χ3v) is 3.65. The number of nitro groups is 1. The molecular formula is C9H10ClNO4S. The van der Waals surface area contributed by atoms with Crippen molar-refractivity contribution >= 4 is 25.4 Å². The fraction of sp³-hybridized carbons (Fsp3) is 0.333. The fourth-order valence-electron chi connectivity index (χ4n) is 1.56. The maximum absolute atomic E-state index is 11.2. The summed E-state index contributed by atoms with van der Waals surface area (Å²) in [5.74, 6) is 0. The van der Waals surface area contributed by atoms with Crippen LogP contribution in [0.1, 0.15) is 18.1 Å². The average molecular weight is 264 g/mol. The normalized spacial score (nSPS) is 11.4. The van der Waals surface area contributed by atoms with Gasteiger partial charge in [-0.2, -0.15) is 0 Å². The highest BCUT2D eigenvalue weighted by molar-refractivity contribution is 8.13. The third kappa shape index (κ3) is 2.33. The number of benzene rings is 1. The summed E-state index contributed by atoms with van der Waals surface area (Å²) < 4.78 is 22.5. The zero-order valence-corrected chi connectivity index (χ0v) is 10.3. The minimum atomic E-state index is -3.95. The van der Waals surface area contributed by atoms with Crippen LogP contribution in [0.4, 0.5) is 5.69 Å². The highest BCUT2D eigenvalue weighted by Crippen LogP contribution is 2.31. The molecule has 1 aromatic carbocycles. The summed E-state index contributed by atoms with van der Waals surface area (Å²) in [4.78, 5) is 10.1. The van der Waals surface area contributed by atoms with Gasteiger partial charge in [0.2, 0.25) is 0 Å². The second-order valence-corrected chi connectivity index (χ2v) is 5.79. The topological polar surface area (TPSA) is 77.3 Å². The molecule has 1 rings (SSSR count). The van der Waals surface area contributed by atoms with Crippen LogP contribution < -0.4 is 0 Å². The molecule has 16 heavy (non-hydrogen) atoms. The Morgan fingerprint density at radius 2 is 2.00 bits per heavy atom. The van der Waals surface area contributed by atoms with E-state index in [1.165, 1.54) is 12.1 Å². The summed E-state index contributed by atoms with van der Waals surface area (Å²) in [6.45, 7) is 3.20. The maximum atomic E-state index is 11.2. The van der Waals surface area contributed by atoms with Crippen LogP contribution >= 0.6 is 10.7 Å². The van der Waals surface area contributed by atoms with E-state index in [9.17, 15) is 18.5 Å². The largest absolute Gasteiger partial charge is 0.276 e. The van der Waals surface area contributed by atoms with Crippen LogP contribution in [0.2, 0.25) is 0 Å². The van der Waals surface area contributed by atoms with Gasteiger partial charge in [-0.1, -0.05) is 13.0 Å². The van der Waals surface area contributed by atoms with Gasteiger partial charge in [0.15, 0.2) is 0 Å². The van der Waals surface area contributed by atoms with Crippen LogP contribution in [-0.2, 0) is 15.5 Å². The molecule has 0 aliphatic rings. The van der Waals surface area contributed by atoms with Crippen LogP contribution in [0, 0.1) is 17.0 Å². The van der Waals surface area contributed by atoms with Gasteiger partial charge < -0.3 is 0 Å². The van der Waals surface area contributed by atoms with Crippen LogP contribution in [-0.4, -0.2) is 13.3 Å².